The maximum atomic E-state index is 13.1. The molecule has 0 amide bonds. The highest BCUT2D eigenvalue weighted by molar-refractivity contribution is 7.47. The molecule has 0 bridgehead atoms. The summed E-state index contributed by atoms with van der Waals surface area (Å²) in [6.07, 6.45) is 76.3. The van der Waals surface area contributed by atoms with Crippen LogP contribution in [0.4, 0.5) is 0 Å². The van der Waals surface area contributed by atoms with Crippen LogP contribution in [0.3, 0.4) is 0 Å². The quantitative estimate of drug-likeness (QED) is 0.0169. The van der Waals surface area contributed by atoms with E-state index in [-0.39, 0.29) is 25.7 Å². The van der Waals surface area contributed by atoms with Crippen molar-refractivity contribution in [1.29, 1.82) is 0 Å². The number of carbonyl (C=O) groups is 4. The summed E-state index contributed by atoms with van der Waals surface area (Å²) in [5, 5.41) is 10.6. The normalized spacial score (nSPS) is 14.6. The van der Waals surface area contributed by atoms with Crippen molar-refractivity contribution >= 4 is 39.5 Å². The minimum atomic E-state index is -4.99. The fourth-order valence-corrected chi connectivity index (χ4v) is 11.3. The highest BCUT2D eigenvalue weighted by atomic mass is 31.2. The Morgan fingerprint density at radius 1 is 0.296 bits per heavy atom. The van der Waals surface area contributed by atoms with Crippen LogP contribution in [-0.4, -0.2) is 96.7 Å². The van der Waals surface area contributed by atoms with E-state index in [0.717, 1.165) is 161 Å². The highest BCUT2D eigenvalue weighted by Gasteiger charge is 2.30. The number of allylic oxidation sites excluding steroid dienone is 20. The number of rotatable bonds is 70. The van der Waals surface area contributed by atoms with Crippen LogP contribution in [0.25, 0.3) is 0 Å². The molecule has 0 spiro atoms. The largest absolute Gasteiger partial charge is 0.472 e. The van der Waals surface area contributed by atoms with Crippen LogP contribution in [0, 0.1) is 0 Å². The molecule has 0 saturated heterocycles. The van der Waals surface area contributed by atoms with Crippen LogP contribution in [0.5, 0.6) is 0 Å². The van der Waals surface area contributed by atoms with Crippen molar-refractivity contribution in [3.8, 4) is 0 Å². The second-order valence-electron chi connectivity index (χ2n) is 24.8. The fourth-order valence-electron chi connectivity index (χ4n) is 9.72. The van der Waals surface area contributed by atoms with Crippen molar-refractivity contribution in [2.24, 2.45) is 0 Å². The van der Waals surface area contributed by atoms with Gasteiger partial charge in [-0.3, -0.25) is 37.3 Å². The minimum absolute atomic E-state index is 0.0718. The first kappa shape index (κ1) is 93.5. The molecule has 3 N–H and O–H groups in total. The zero-order valence-corrected chi connectivity index (χ0v) is 63.0. The van der Waals surface area contributed by atoms with Gasteiger partial charge in [-0.2, -0.15) is 0 Å². The van der Waals surface area contributed by atoms with Gasteiger partial charge < -0.3 is 33.8 Å². The topological polar surface area (TPSA) is 237 Å². The third-order valence-corrected chi connectivity index (χ3v) is 17.3. The number of carbonyl (C=O) groups excluding carboxylic acids is 4. The summed E-state index contributed by atoms with van der Waals surface area (Å²) in [5.41, 5.74) is 0. The van der Waals surface area contributed by atoms with Gasteiger partial charge in [-0.25, -0.2) is 9.13 Å². The van der Waals surface area contributed by atoms with E-state index < -0.39 is 97.5 Å². The Hall–Kier alpha value is -4.54. The molecule has 0 aromatic rings. The van der Waals surface area contributed by atoms with Crippen LogP contribution in [0.1, 0.15) is 297 Å². The van der Waals surface area contributed by atoms with Gasteiger partial charge in [0.15, 0.2) is 12.2 Å². The molecule has 0 saturated carbocycles. The standard InChI is InChI=1S/C79H134O17P2/c1-5-9-13-17-21-25-29-33-35-36-38-42-44-48-52-56-60-64-77(82)90-70-75(96-79(84)66-62-58-54-50-46-40-32-28-24-20-16-12-8-4)72-94-98(87,88)92-68-73(80)67-91-97(85,86)93-71-74(95-78(83)65-61-57-53-49-45-39-31-27-23-19-15-11-7-3)69-89-76(81)63-59-55-51-47-43-41-37-34-30-26-22-18-14-10-6-2/h9-10,13-15,19,21-22,25-27,31,33-35,37-38,42,48,52,73-75,80H,5-8,11-12,16-18,20,23-24,28-30,32,36,39-41,43-47,49-51,53-72H2,1-4H3,(H,85,86)(H,87,88)/b13-9-,14-10-,19-15-,25-21-,26-22-,31-27-,35-33-,37-34-,42-38-,52-48-. The van der Waals surface area contributed by atoms with E-state index in [1.165, 1.54) is 51.4 Å². The van der Waals surface area contributed by atoms with E-state index in [2.05, 4.69) is 137 Å². The van der Waals surface area contributed by atoms with Gasteiger partial charge in [0, 0.05) is 25.7 Å². The zero-order chi connectivity index (χ0) is 71.8. The van der Waals surface area contributed by atoms with E-state index in [0.29, 0.717) is 32.1 Å². The van der Waals surface area contributed by atoms with Gasteiger partial charge in [0.2, 0.25) is 0 Å². The lowest BCUT2D eigenvalue weighted by Gasteiger charge is -2.21. The van der Waals surface area contributed by atoms with Crippen LogP contribution in [0.15, 0.2) is 122 Å². The lowest BCUT2D eigenvalue weighted by molar-refractivity contribution is -0.161. The minimum Gasteiger partial charge on any atom is -0.462 e. The van der Waals surface area contributed by atoms with Crippen LogP contribution < -0.4 is 0 Å². The van der Waals surface area contributed by atoms with E-state index in [4.69, 9.17) is 37.0 Å². The number of unbranched alkanes of at least 4 members (excludes halogenated alkanes) is 24. The summed E-state index contributed by atoms with van der Waals surface area (Å²) >= 11 is 0. The number of hydrogen-bond donors (Lipinski definition) is 3. The lowest BCUT2D eigenvalue weighted by atomic mass is 10.0. The van der Waals surface area contributed by atoms with Gasteiger partial charge in [0.25, 0.3) is 0 Å². The summed E-state index contributed by atoms with van der Waals surface area (Å²) in [6.45, 7) is 4.48. The third kappa shape index (κ3) is 69.9. The van der Waals surface area contributed by atoms with Crippen molar-refractivity contribution in [3.63, 3.8) is 0 Å². The van der Waals surface area contributed by atoms with E-state index in [1.807, 2.05) is 12.2 Å². The molecule has 0 aliphatic heterocycles. The molecule has 5 atom stereocenters. The molecule has 0 heterocycles. The van der Waals surface area contributed by atoms with Gasteiger partial charge in [0.05, 0.1) is 26.4 Å². The van der Waals surface area contributed by atoms with Crippen LogP contribution >= 0.6 is 15.6 Å². The van der Waals surface area contributed by atoms with Crippen molar-refractivity contribution in [3.05, 3.63) is 122 Å². The van der Waals surface area contributed by atoms with Gasteiger partial charge in [-0.1, -0.05) is 271 Å². The Morgan fingerprint density at radius 3 is 0.898 bits per heavy atom. The Morgan fingerprint density at radius 2 is 0.561 bits per heavy atom. The third-order valence-electron chi connectivity index (χ3n) is 15.4. The van der Waals surface area contributed by atoms with Gasteiger partial charge >= 0.3 is 39.5 Å². The molecule has 0 fully saturated rings. The lowest BCUT2D eigenvalue weighted by Crippen LogP contribution is -2.30. The van der Waals surface area contributed by atoms with Crippen molar-refractivity contribution in [1.82, 2.24) is 0 Å². The Labute approximate surface area is 593 Å². The van der Waals surface area contributed by atoms with Crippen LogP contribution in [0.2, 0.25) is 0 Å². The number of ether oxygens (including phenoxy) is 4. The summed E-state index contributed by atoms with van der Waals surface area (Å²) in [7, 11) is -9.97. The SMILES string of the molecule is CC/C=C\C/C=C\C/C=C\C/C=C\C/C=C\CCCC(=O)OCC(COP(=O)(O)OCC(O)COP(=O)(O)OCC(COC(=O)CCCCCCC/C=C\C/C=C\C/C=C\CC)OC(=O)CCCCCCC/C=C\C/C=C\CCC)OC(=O)CCCCCCCCCCCCCCC. The summed E-state index contributed by atoms with van der Waals surface area (Å²) in [4.78, 5) is 72.8. The maximum Gasteiger partial charge on any atom is 0.472 e. The molecule has 0 radical (unpaired) electrons. The first-order chi connectivity index (χ1) is 47.7. The summed E-state index contributed by atoms with van der Waals surface area (Å²) in [5.74, 6) is -2.27. The van der Waals surface area contributed by atoms with Crippen molar-refractivity contribution in [2.45, 2.75) is 316 Å². The average Bonchev–Trinajstić information content (AvgIpc) is 0.969. The molecule has 5 unspecified atom stereocenters. The second kappa shape index (κ2) is 70.9. The molecule has 17 nitrogen and oxygen atoms in total. The predicted octanol–water partition coefficient (Wildman–Crippen LogP) is 21.6. The predicted molar refractivity (Wildman–Crippen MR) is 399 cm³/mol. The first-order valence-corrected chi connectivity index (χ1v) is 40.8. The number of esters is 4. The maximum absolute atomic E-state index is 13.1. The molecule has 19 heteroatoms. The van der Waals surface area contributed by atoms with E-state index >= 15 is 0 Å². The smallest absolute Gasteiger partial charge is 0.462 e. The molecule has 0 aliphatic carbocycles. The molecule has 0 rings (SSSR count). The average molecular weight is 1420 g/mol. The molecule has 0 aromatic carbocycles. The summed E-state index contributed by atoms with van der Waals surface area (Å²) < 4.78 is 68.4. The molecule has 0 aromatic heterocycles. The molecular weight excluding hydrogens is 1280 g/mol. The molecular formula is C79H134O17P2. The Balaban J connectivity index is 5.40. The van der Waals surface area contributed by atoms with Crippen molar-refractivity contribution in [2.75, 3.05) is 39.6 Å². The van der Waals surface area contributed by atoms with E-state index in [1.54, 1.807) is 0 Å². The van der Waals surface area contributed by atoms with Crippen LogP contribution in [-0.2, 0) is 65.4 Å². The number of aliphatic hydroxyl groups excluding tert-OH is 1. The van der Waals surface area contributed by atoms with Crippen molar-refractivity contribution < 1.29 is 80.2 Å². The van der Waals surface area contributed by atoms with Gasteiger partial charge in [-0.05, 0) is 122 Å². The number of aliphatic hydroxyl groups is 1. The monoisotopic (exact) mass is 1420 g/mol. The Kier molecular flexibility index (Phi) is 67.6. The van der Waals surface area contributed by atoms with Gasteiger partial charge in [-0.15, -0.1) is 0 Å². The molecule has 98 heavy (non-hydrogen) atoms. The van der Waals surface area contributed by atoms with E-state index in [9.17, 15) is 43.2 Å². The number of phosphoric ester groups is 2. The molecule has 562 valence electrons. The fraction of sp³-hybridized carbons (Fsp3) is 0.696. The Bertz CT molecular complexity index is 2340. The first-order valence-electron chi connectivity index (χ1n) is 37.8. The number of phosphoric acid groups is 2. The number of hydrogen-bond acceptors (Lipinski definition) is 15. The summed E-state index contributed by atoms with van der Waals surface area (Å²) in [6, 6.07) is 0. The zero-order valence-electron chi connectivity index (χ0n) is 61.2. The molecule has 0 aliphatic rings. The van der Waals surface area contributed by atoms with Gasteiger partial charge in [0.1, 0.15) is 19.3 Å². The second-order valence-corrected chi connectivity index (χ2v) is 27.7. The highest BCUT2D eigenvalue weighted by Crippen LogP contribution is 2.45.